The van der Waals surface area contributed by atoms with Crippen molar-refractivity contribution in [3.8, 4) is 0 Å². The predicted molar refractivity (Wildman–Crippen MR) is 101 cm³/mol. The van der Waals surface area contributed by atoms with E-state index in [1.54, 1.807) is 12.1 Å². The van der Waals surface area contributed by atoms with Crippen LogP contribution in [0.1, 0.15) is 62.4 Å². The smallest absolute Gasteiger partial charge is 0.411 e. The predicted octanol–water partition coefficient (Wildman–Crippen LogP) is 4.98. The first-order chi connectivity index (χ1) is 12.2. The highest BCUT2D eigenvalue weighted by Crippen LogP contribution is 2.38. The van der Waals surface area contributed by atoms with E-state index in [9.17, 15) is 14.7 Å². The van der Waals surface area contributed by atoms with Crippen molar-refractivity contribution in [1.82, 2.24) is 4.90 Å². The van der Waals surface area contributed by atoms with Gasteiger partial charge in [0.25, 0.3) is 0 Å². The maximum atomic E-state index is 12.6. The quantitative estimate of drug-likeness (QED) is 0.788. The summed E-state index contributed by atoms with van der Waals surface area (Å²) in [6.07, 6.45) is 5.37. The largest absolute Gasteiger partial charge is 0.478 e. The number of halogens is 1. The summed E-state index contributed by atoms with van der Waals surface area (Å²) < 4.78 is 5.58. The van der Waals surface area contributed by atoms with E-state index in [0.29, 0.717) is 6.42 Å². The molecule has 3 rings (SSSR count). The van der Waals surface area contributed by atoms with Crippen LogP contribution < -0.4 is 0 Å². The van der Waals surface area contributed by atoms with Gasteiger partial charge in [-0.3, -0.25) is 4.90 Å². The van der Waals surface area contributed by atoms with Crippen LogP contribution in [-0.2, 0) is 4.74 Å². The van der Waals surface area contributed by atoms with Gasteiger partial charge in [0, 0.05) is 6.04 Å². The average Bonchev–Trinajstić information content (AvgIpc) is 2.52. The van der Waals surface area contributed by atoms with Crippen LogP contribution >= 0.6 is 11.6 Å². The van der Waals surface area contributed by atoms with Gasteiger partial charge < -0.3 is 9.84 Å². The highest BCUT2D eigenvalue weighted by Gasteiger charge is 2.39. The Kier molecular flexibility index (Phi) is 5.02. The van der Waals surface area contributed by atoms with Gasteiger partial charge in [0.15, 0.2) is 0 Å². The van der Waals surface area contributed by atoms with Gasteiger partial charge in [-0.25, -0.2) is 9.59 Å². The Bertz CT molecular complexity index is 766. The van der Waals surface area contributed by atoms with Gasteiger partial charge in [0.05, 0.1) is 16.6 Å². The minimum Gasteiger partial charge on any atom is -0.478 e. The molecule has 0 aliphatic carbocycles. The molecule has 2 bridgehead atoms. The van der Waals surface area contributed by atoms with Crippen molar-refractivity contribution < 1.29 is 19.4 Å². The number of nitrogens with zero attached hydrogens (tertiary/aromatic N) is 1. The Labute approximate surface area is 158 Å². The summed E-state index contributed by atoms with van der Waals surface area (Å²) >= 11 is 5.98. The standard InChI is InChI=1S/C20H24ClNO4/c1-20(2,3)26-19(25)22-14-5-4-6-15(22)10-13(9-14)12-7-8-17(21)16(11-12)18(23)24/h7-9,11,14-15H,4-6,10H2,1-3H3,(H,23,24). The number of aromatic carboxylic acids is 1. The zero-order valence-electron chi connectivity index (χ0n) is 15.3. The Hall–Kier alpha value is -2.01. The number of carbonyl (C=O) groups is 2. The van der Waals surface area contributed by atoms with E-state index in [0.717, 1.165) is 30.4 Å². The first kappa shape index (κ1) is 18.8. The van der Waals surface area contributed by atoms with Gasteiger partial charge in [0.2, 0.25) is 0 Å². The number of fused-ring (bicyclic) bond motifs is 2. The molecule has 0 spiro atoms. The molecule has 1 aromatic carbocycles. The summed E-state index contributed by atoms with van der Waals surface area (Å²) in [6.45, 7) is 5.60. The lowest BCUT2D eigenvalue weighted by molar-refractivity contribution is 0.0000733. The number of carboxylic acid groups (broad SMARTS) is 1. The van der Waals surface area contributed by atoms with Crippen LogP contribution in [0.4, 0.5) is 4.79 Å². The average molecular weight is 378 g/mol. The third kappa shape index (κ3) is 3.88. The maximum absolute atomic E-state index is 12.6. The molecule has 0 radical (unpaired) electrons. The molecule has 1 N–H and O–H groups in total. The fourth-order valence-corrected chi connectivity index (χ4v) is 3.93. The topological polar surface area (TPSA) is 66.8 Å². The summed E-state index contributed by atoms with van der Waals surface area (Å²) in [5.41, 5.74) is 1.50. The minimum absolute atomic E-state index is 0.0173. The van der Waals surface area contributed by atoms with Crippen LogP contribution in [0.3, 0.4) is 0 Å². The number of amides is 1. The van der Waals surface area contributed by atoms with Gasteiger partial charge in [-0.1, -0.05) is 23.7 Å². The van der Waals surface area contributed by atoms with Gasteiger partial charge >= 0.3 is 12.1 Å². The summed E-state index contributed by atoms with van der Waals surface area (Å²) in [6, 6.07) is 5.15. The molecular formula is C20H24ClNO4. The molecule has 1 saturated heterocycles. The molecular weight excluding hydrogens is 354 g/mol. The highest BCUT2D eigenvalue weighted by atomic mass is 35.5. The van der Waals surface area contributed by atoms with Gasteiger partial charge in [-0.15, -0.1) is 0 Å². The van der Waals surface area contributed by atoms with Crippen molar-refractivity contribution in [2.75, 3.05) is 0 Å². The molecule has 2 aliphatic heterocycles. The number of rotatable bonds is 2. The lowest BCUT2D eigenvalue weighted by Gasteiger charge is -2.45. The first-order valence-corrected chi connectivity index (χ1v) is 9.29. The zero-order valence-corrected chi connectivity index (χ0v) is 16.0. The number of benzene rings is 1. The summed E-state index contributed by atoms with van der Waals surface area (Å²) in [5, 5.41) is 9.53. The van der Waals surface area contributed by atoms with Crippen molar-refractivity contribution >= 4 is 29.2 Å². The minimum atomic E-state index is -1.04. The molecule has 6 heteroatoms. The van der Waals surface area contributed by atoms with Gasteiger partial charge in [-0.05, 0) is 69.7 Å². The third-order valence-corrected chi connectivity index (χ3v) is 5.14. The second-order valence-electron chi connectivity index (χ2n) is 7.94. The molecule has 0 saturated carbocycles. The number of hydrogen-bond donors (Lipinski definition) is 1. The third-order valence-electron chi connectivity index (χ3n) is 4.81. The summed E-state index contributed by atoms with van der Waals surface area (Å²) in [7, 11) is 0. The van der Waals surface area contributed by atoms with Crippen molar-refractivity contribution in [2.45, 2.75) is 64.1 Å². The molecule has 2 unspecified atom stereocenters. The molecule has 2 heterocycles. The van der Waals surface area contributed by atoms with Gasteiger partial charge in [-0.2, -0.15) is 0 Å². The SMILES string of the molecule is CC(C)(C)OC(=O)N1C2C=C(c3ccc(Cl)c(C(=O)O)c3)CC1CCC2. The van der Waals surface area contributed by atoms with Gasteiger partial charge in [0.1, 0.15) is 5.60 Å². The zero-order chi connectivity index (χ0) is 19.1. The number of piperidine rings is 1. The van der Waals surface area contributed by atoms with Crippen LogP contribution in [0, 0.1) is 0 Å². The Balaban J connectivity index is 1.90. The van der Waals surface area contributed by atoms with E-state index in [1.165, 1.54) is 0 Å². The van der Waals surface area contributed by atoms with Crippen molar-refractivity contribution in [1.29, 1.82) is 0 Å². The number of ether oxygens (including phenoxy) is 1. The number of hydrogen-bond acceptors (Lipinski definition) is 3. The number of carbonyl (C=O) groups excluding carboxylic acids is 1. The fraction of sp³-hybridized carbons (Fsp3) is 0.500. The van der Waals surface area contributed by atoms with Crippen LogP contribution in [0.15, 0.2) is 24.3 Å². The normalized spacial score (nSPS) is 22.6. The van der Waals surface area contributed by atoms with Crippen molar-refractivity contribution in [3.63, 3.8) is 0 Å². The molecule has 26 heavy (non-hydrogen) atoms. The van der Waals surface area contributed by atoms with E-state index in [4.69, 9.17) is 16.3 Å². The summed E-state index contributed by atoms with van der Waals surface area (Å²) in [5.74, 6) is -1.04. The molecule has 1 aromatic rings. The van der Waals surface area contributed by atoms with Crippen LogP contribution in [0.25, 0.3) is 5.57 Å². The van der Waals surface area contributed by atoms with E-state index < -0.39 is 11.6 Å². The van der Waals surface area contributed by atoms with E-state index in [2.05, 4.69) is 6.08 Å². The van der Waals surface area contributed by atoms with E-state index in [1.807, 2.05) is 31.7 Å². The lowest BCUT2D eigenvalue weighted by atomic mass is 9.83. The molecule has 140 valence electrons. The Morgan fingerprint density at radius 1 is 1.27 bits per heavy atom. The molecule has 5 nitrogen and oxygen atoms in total. The molecule has 1 fully saturated rings. The first-order valence-electron chi connectivity index (χ1n) is 8.91. The lowest BCUT2D eigenvalue weighted by Crippen LogP contribution is -2.53. The van der Waals surface area contributed by atoms with Crippen LogP contribution in [-0.4, -0.2) is 39.8 Å². The van der Waals surface area contributed by atoms with E-state index in [-0.39, 0.29) is 28.8 Å². The molecule has 1 amide bonds. The van der Waals surface area contributed by atoms with Crippen LogP contribution in [0.2, 0.25) is 5.02 Å². The molecule has 2 atom stereocenters. The Morgan fingerprint density at radius 2 is 2.00 bits per heavy atom. The fourth-order valence-electron chi connectivity index (χ4n) is 3.73. The van der Waals surface area contributed by atoms with E-state index >= 15 is 0 Å². The van der Waals surface area contributed by atoms with Crippen molar-refractivity contribution in [3.05, 3.63) is 40.4 Å². The second-order valence-corrected chi connectivity index (χ2v) is 8.34. The number of carboxylic acids is 1. The monoisotopic (exact) mass is 377 g/mol. The maximum Gasteiger partial charge on any atom is 0.411 e. The summed E-state index contributed by atoms with van der Waals surface area (Å²) in [4.78, 5) is 25.8. The Morgan fingerprint density at radius 3 is 2.62 bits per heavy atom. The van der Waals surface area contributed by atoms with Crippen molar-refractivity contribution in [2.24, 2.45) is 0 Å². The second kappa shape index (κ2) is 6.95. The highest BCUT2D eigenvalue weighted by molar-refractivity contribution is 6.33. The molecule has 2 aliphatic rings. The molecule has 0 aromatic heterocycles. The van der Waals surface area contributed by atoms with Crippen LogP contribution in [0.5, 0.6) is 0 Å².